The summed E-state index contributed by atoms with van der Waals surface area (Å²) in [6, 6.07) is 8.27. The van der Waals surface area contributed by atoms with Crippen molar-refractivity contribution in [2.75, 3.05) is 5.32 Å². The third-order valence-electron chi connectivity index (χ3n) is 2.88. The van der Waals surface area contributed by atoms with Gasteiger partial charge >= 0.3 is 0 Å². The van der Waals surface area contributed by atoms with Crippen LogP contribution in [-0.2, 0) is 0 Å². The van der Waals surface area contributed by atoms with Gasteiger partial charge in [-0.1, -0.05) is 0 Å². The minimum Gasteiger partial charge on any atom is -0.444 e. The summed E-state index contributed by atoms with van der Waals surface area (Å²) in [5.41, 5.74) is 4.98. The van der Waals surface area contributed by atoms with E-state index in [2.05, 4.69) is 27.6 Å². The van der Waals surface area contributed by atoms with Crippen LogP contribution in [0.2, 0.25) is 0 Å². The molecule has 0 spiro atoms. The number of rotatable bonds is 4. The molecule has 1 aromatic carbocycles. The average Bonchev–Trinajstić information content (AvgIpc) is 3.13. The molecule has 0 fully saturated rings. The van der Waals surface area contributed by atoms with Crippen LogP contribution in [0.5, 0.6) is 0 Å². The summed E-state index contributed by atoms with van der Waals surface area (Å²) >= 11 is 1.61. The number of oxazole rings is 1. The number of aromatic nitrogens is 2. The van der Waals surface area contributed by atoms with Crippen molar-refractivity contribution in [3.63, 3.8) is 0 Å². The second-order valence-electron chi connectivity index (χ2n) is 4.22. The number of hydrogen-bond donors (Lipinski definition) is 1. The van der Waals surface area contributed by atoms with Gasteiger partial charge in [0.25, 0.3) is 0 Å². The first-order valence-corrected chi connectivity index (χ1v) is 6.91. The topological polar surface area (TPSA) is 51.0 Å². The number of hydrogen-bond acceptors (Lipinski definition) is 5. The number of anilines is 1. The zero-order chi connectivity index (χ0) is 13.1. The van der Waals surface area contributed by atoms with Crippen LogP contribution in [0.3, 0.4) is 0 Å². The van der Waals surface area contributed by atoms with E-state index < -0.39 is 0 Å². The zero-order valence-electron chi connectivity index (χ0n) is 10.4. The summed E-state index contributed by atoms with van der Waals surface area (Å²) in [5.74, 6) is 0.777. The summed E-state index contributed by atoms with van der Waals surface area (Å²) < 4.78 is 5.26. The lowest BCUT2D eigenvalue weighted by Crippen LogP contribution is -2.06. The van der Waals surface area contributed by atoms with Crippen molar-refractivity contribution < 1.29 is 4.42 Å². The number of nitrogens with one attached hydrogen (secondary N) is 1. The van der Waals surface area contributed by atoms with Crippen LogP contribution in [0.4, 0.5) is 5.69 Å². The van der Waals surface area contributed by atoms with Crippen molar-refractivity contribution in [2.45, 2.75) is 13.0 Å². The third kappa shape index (κ3) is 2.66. The van der Waals surface area contributed by atoms with E-state index in [9.17, 15) is 0 Å². The van der Waals surface area contributed by atoms with Gasteiger partial charge in [-0.25, -0.2) is 9.97 Å². The average molecular weight is 271 g/mol. The van der Waals surface area contributed by atoms with Crippen LogP contribution in [-0.4, -0.2) is 9.97 Å². The van der Waals surface area contributed by atoms with Crippen molar-refractivity contribution in [1.82, 2.24) is 9.97 Å². The first-order valence-electron chi connectivity index (χ1n) is 5.96. The van der Waals surface area contributed by atoms with Gasteiger partial charge in [0.15, 0.2) is 12.2 Å². The molecule has 1 atom stereocenters. The maximum Gasteiger partial charge on any atom is 0.181 e. The molecule has 0 aliphatic rings. The molecular formula is C14H13N3OS. The Labute approximate surface area is 115 Å². The van der Waals surface area contributed by atoms with Gasteiger partial charge in [0.1, 0.15) is 0 Å². The molecule has 5 heteroatoms. The van der Waals surface area contributed by atoms with E-state index in [4.69, 9.17) is 4.42 Å². The predicted octanol–water partition coefficient (Wildman–Crippen LogP) is 3.97. The largest absolute Gasteiger partial charge is 0.444 e. The summed E-state index contributed by atoms with van der Waals surface area (Å²) in [6.45, 7) is 2.10. The molecule has 2 aromatic heterocycles. The highest BCUT2D eigenvalue weighted by molar-refractivity contribution is 7.07. The summed E-state index contributed by atoms with van der Waals surface area (Å²) in [4.78, 5) is 8.22. The molecule has 0 saturated heterocycles. The van der Waals surface area contributed by atoms with E-state index in [1.165, 1.54) is 6.39 Å². The van der Waals surface area contributed by atoms with Gasteiger partial charge in [0, 0.05) is 16.6 Å². The molecule has 4 nitrogen and oxygen atoms in total. The standard InChI is InChI=1S/C14H13N3OS/c1-10(13-7-19-9-16-13)17-12-4-2-11(3-5-12)14-6-15-8-18-14/h2-10,17H,1H3. The summed E-state index contributed by atoms with van der Waals surface area (Å²) in [5, 5.41) is 5.47. The van der Waals surface area contributed by atoms with Crippen molar-refractivity contribution in [3.05, 3.63) is 53.4 Å². The summed E-state index contributed by atoms with van der Waals surface area (Å²) in [6.07, 6.45) is 3.14. The molecule has 0 amide bonds. The fourth-order valence-electron chi connectivity index (χ4n) is 1.85. The molecule has 96 valence electrons. The van der Waals surface area contributed by atoms with E-state index in [0.717, 1.165) is 22.7 Å². The maximum atomic E-state index is 5.26. The van der Waals surface area contributed by atoms with Crippen molar-refractivity contribution in [3.8, 4) is 11.3 Å². The second-order valence-corrected chi connectivity index (χ2v) is 4.94. The smallest absolute Gasteiger partial charge is 0.181 e. The molecule has 19 heavy (non-hydrogen) atoms. The Bertz CT molecular complexity index is 617. The monoisotopic (exact) mass is 271 g/mol. The van der Waals surface area contributed by atoms with Gasteiger partial charge in [-0.15, -0.1) is 11.3 Å². The lowest BCUT2D eigenvalue weighted by atomic mass is 10.1. The van der Waals surface area contributed by atoms with Gasteiger partial charge in [0.05, 0.1) is 23.4 Å². The molecule has 0 saturated carbocycles. The van der Waals surface area contributed by atoms with Gasteiger partial charge in [-0.2, -0.15) is 0 Å². The Morgan fingerprint density at radius 1 is 1.26 bits per heavy atom. The van der Waals surface area contributed by atoms with Crippen LogP contribution >= 0.6 is 11.3 Å². The minimum absolute atomic E-state index is 0.197. The highest BCUT2D eigenvalue weighted by atomic mass is 32.1. The molecule has 0 radical (unpaired) electrons. The molecule has 3 aromatic rings. The van der Waals surface area contributed by atoms with E-state index in [1.807, 2.05) is 29.8 Å². The van der Waals surface area contributed by atoms with Gasteiger partial charge in [-0.05, 0) is 31.2 Å². The molecule has 0 aliphatic heterocycles. The van der Waals surface area contributed by atoms with E-state index in [1.54, 1.807) is 17.5 Å². The van der Waals surface area contributed by atoms with E-state index >= 15 is 0 Å². The Kier molecular flexibility index (Phi) is 3.29. The van der Waals surface area contributed by atoms with Gasteiger partial charge < -0.3 is 9.73 Å². The van der Waals surface area contributed by atoms with Crippen LogP contribution in [0.1, 0.15) is 18.7 Å². The lowest BCUT2D eigenvalue weighted by Gasteiger charge is -2.13. The fourth-order valence-corrected chi connectivity index (χ4v) is 2.50. The molecule has 1 N–H and O–H groups in total. The predicted molar refractivity (Wildman–Crippen MR) is 76.1 cm³/mol. The lowest BCUT2D eigenvalue weighted by molar-refractivity contribution is 0.572. The molecule has 1 unspecified atom stereocenters. The highest BCUT2D eigenvalue weighted by Crippen LogP contribution is 2.23. The van der Waals surface area contributed by atoms with Gasteiger partial charge in [-0.3, -0.25) is 0 Å². The van der Waals surface area contributed by atoms with Crippen molar-refractivity contribution in [2.24, 2.45) is 0 Å². The normalized spacial score (nSPS) is 12.3. The number of nitrogens with zero attached hydrogens (tertiary/aromatic N) is 2. The number of thiazole rings is 1. The molecule has 0 bridgehead atoms. The SMILES string of the molecule is CC(Nc1ccc(-c2cnco2)cc1)c1cscn1. The third-order valence-corrected chi connectivity index (χ3v) is 3.48. The first-order chi connectivity index (χ1) is 9.33. The molecule has 0 aliphatic carbocycles. The Morgan fingerprint density at radius 2 is 2.11 bits per heavy atom. The summed E-state index contributed by atoms with van der Waals surface area (Å²) in [7, 11) is 0. The van der Waals surface area contributed by atoms with Gasteiger partial charge in [0.2, 0.25) is 0 Å². The maximum absolute atomic E-state index is 5.26. The van der Waals surface area contributed by atoms with E-state index in [0.29, 0.717) is 0 Å². The molecule has 3 rings (SSSR count). The second kappa shape index (κ2) is 5.24. The van der Waals surface area contributed by atoms with Crippen LogP contribution < -0.4 is 5.32 Å². The van der Waals surface area contributed by atoms with Crippen molar-refractivity contribution in [1.29, 1.82) is 0 Å². The Balaban J connectivity index is 1.73. The van der Waals surface area contributed by atoms with Crippen LogP contribution in [0.25, 0.3) is 11.3 Å². The zero-order valence-corrected chi connectivity index (χ0v) is 11.2. The highest BCUT2D eigenvalue weighted by Gasteiger charge is 2.07. The Hall–Kier alpha value is -2.14. The van der Waals surface area contributed by atoms with Crippen LogP contribution in [0, 0.1) is 0 Å². The molecular weight excluding hydrogens is 258 g/mol. The quantitative estimate of drug-likeness (QED) is 0.780. The van der Waals surface area contributed by atoms with E-state index in [-0.39, 0.29) is 6.04 Å². The van der Waals surface area contributed by atoms with Crippen LogP contribution in [0.15, 0.2) is 52.2 Å². The molecule has 2 heterocycles. The number of benzene rings is 1. The van der Waals surface area contributed by atoms with Crippen molar-refractivity contribution >= 4 is 17.0 Å². The minimum atomic E-state index is 0.197. The first kappa shape index (κ1) is 11.9. The Morgan fingerprint density at radius 3 is 2.74 bits per heavy atom. The fraction of sp³-hybridized carbons (Fsp3) is 0.143.